The predicted molar refractivity (Wildman–Crippen MR) is 103 cm³/mol. The molecule has 1 aromatic heterocycles. The monoisotopic (exact) mass is 392 g/mol. The lowest BCUT2D eigenvalue weighted by Gasteiger charge is -2.12. The van der Waals surface area contributed by atoms with Crippen LogP contribution in [0.1, 0.15) is 39.7 Å². The molecule has 0 radical (unpaired) electrons. The third-order valence-corrected chi connectivity index (χ3v) is 5.26. The summed E-state index contributed by atoms with van der Waals surface area (Å²) in [5.74, 6) is 0.838. The first-order chi connectivity index (χ1) is 12.2. The molecule has 1 saturated carbocycles. The Balaban J connectivity index is 1.57. The van der Waals surface area contributed by atoms with Gasteiger partial charge in [0.15, 0.2) is 0 Å². The van der Waals surface area contributed by atoms with Crippen LogP contribution in [0, 0.1) is 0 Å². The van der Waals surface area contributed by atoms with Crippen molar-refractivity contribution in [2.45, 2.75) is 18.3 Å². The standard InChI is InChI=1S/C21H17BrN2O/c22-20-16(10-6-12-23-20)21(25)24-19-11-5-4-9-15(19)18-13-17(18)14-7-2-1-3-8-14/h1-12,17-18H,13H2,(H,24,25). The van der Waals surface area contributed by atoms with Gasteiger partial charge < -0.3 is 5.32 Å². The third-order valence-electron chi connectivity index (χ3n) is 4.63. The first kappa shape index (κ1) is 16.0. The Labute approximate surface area is 155 Å². The van der Waals surface area contributed by atoms with Crippen molar-refractivity contribution in [1.82, 2.24) is 4.98 Å². The van der Waals surface area contributed by atoms with Crippen molar-refractivity contribution < 1.29 is 4.79 Å². The number of benzene rings is 2. The zero-order valence-electron chi connectivity index (χ0n) is 13.5. The van der Waals surface area contributed by atoms with E-state index in [4.69, 9.17) is 0 Å². The molecule has 0 bridgehead atoms. The van der Waals surface area contributed by atoms with Gasteiger partial charge in [0, 0.05) is 11.9 Å². The van der Waals surface area contributed by atoms with Gasteiger partial charge in [0.1, 0.15) is 4.60 Å². The van der Waals surface area contributed by atoms with Gasteiger partial charge in [-0.3, -0.25) is 4.79 Å². The second kappa shape index (κ2) is 6.81. The Morgan fingerprint density at radius 3 is 2.52 bits per heavy atom. The molecule has 0 spiro atoms. The molecule has 2 atom stereocenters. The number of halogens is 1. The number of carbonyl (C=O) groups excluding carboxylic acids is 1. The van der Waals surface area contributed by atoms with Crippen LogP contribution in [-0.2, 0) is 0 Å². The SMILES string of the molecule is O=C(Nc1ccccc1C1CC1c1ccccc1)c1cccnc1Br. The molecule has 4 rings (SSSR count). The second-order valence-electron chi connectivity index (χ2n) is 6.24. The normalized spacial score (nSPS) is 18.6. The maximum absolute atomic E-state index is 12.6. The second-order valence-corrected chi connectivity index (χ2v) is 6.99. The van der Waals surface area contributed by atoms with E-state index in [2.05, 4.69) is 56.6 Å². The zero-order chi connectivity index (χ0) is 17.2. The van der Waals surface area contributed by atoms with E-state index in [1.54, 1.807) is 18.3 Å². The Kier molecular flexibility index (Phi) is 4.36. The number of hydrogen-bond acceptors (Lipinski definition) is 2. The lowest BCUT2D eigenvalue weighted by molar-refractivity contribution is 0.102. The van der Waals surface area contributed by atoms with E-state index < -0.39 is 0 Å². The third kappa shape index (κ3) is 3.35. The van der Waals surface area contributed by atoms with Gasteiger partial charge in [-0.05, 0) is 63.5 Å². The van der Waals surface area contributed by atoms with E-state index in [0.29, 0.717) is 22.0 Å². The summed E-state index contributed by atoms with van der Waals surface area (Å²) >= 11 is 3.34. The molecule has 3 aromatic rings. The van der Waals surface area contributed by atoms with Crippen molar-refractivity contribution in [2.24, 2.45) is 0 Å². The fourth-order valence-corrected chi connectivity index (χ4v) is 3.72. The highest BCUT2D eigenvalue weighted by atomic mass is 79.9. The smallest absolute Gasteiger partial charge is 0.258 e. The number of nitrogens with zero attached hydrogens (tertiary/aromatic N) is 1. The summed E-state index contributed by atoms with van der Waals surface area (Å²) in [4.78, 5) is 16.7. The van der Waals surface area contributed by atoms with Gasteiger partial charge in [-0.2, -0.15) is 0 Å². The van der Waals surface area contributed by atoms with Crippen molar-refractivity contribution in [3.05, 3.63) is 94.2 Å². The molecule has 1 fully saturated rings. The minimum Gasteiger partial charge on any atom is -0.322 e. The number of pyridine rings is 1. The predicted octanol–water partition coefficient (Wildman–Crippen LogP) is 5.37. The van der Waals surface area contributed by atoms with E-state index in [-0.39, 0.29) is 5.91 Å². The van der Waals surface area contributed by atoms with Crippen molar-refractivity contribution in [1.29, 1.82) is 0 Å². The van der Waals surface area contributed by atoms with E-state index in [1.807, 2.05) is 24.3 Å². The average Bonchev–Trinajstić information content (AvgIpc) is 3.44. The number of rotatable bonds is 4. The van der Waals surface area contributed by atoms with Gasteiger partial charge in [0.25, 0.3) is 5.91 Å². The Hall–Kier alpha value is -2.46. The summed E-state index contributed by atoms with van der Waals surface area (Å²) in [6, 6.07) is 22.2. The van der Waals surface area contributed by atoms with Crippen LogP contribution in [0.3, 0.4) is 0 Å². The topological polar surface area (TPSA) is 42.0 Å². The fourth-order valence-electron chi connectivity index (χ4n) is 3.29. The molecular weight excluding hydrogens is 376 g/mol. The van der Waals surface area contributed by atoms with Gasteiger partial charge in [-0.25, -0.2) is 4.98 Å². The average molecular weight is 393 g/mol. The first-order valence-corrected chi connectivity index (χ1v) is 9.09. The van der Waals surface area contributed by atoms with Crippen LogP contribution in [0.2, 0.25) is 0 Å². The molecule has 3 nitrogen and oxygen atoms in total. The zero-order valence-corrected chi connectivity index (χ0v) is 15.1. The molecule has 1 aliphatic rings. The summed E-state index contributed by atoms with van der Waals surface area (Å²) < 4.78 is 0.554. The van der Waals surface area contributed by atoms with Crippen LogP contribution < -0.4 is 5.32 Å². The summed E-state index contributed by atoms with van der Waals surface area (Å²) in [5, 5.41) is 3.05. The van der Waals surface area contributed by atoms with Gasteiger partial charge in [0.2, 0.25) is 0 Å². The van der Waals surface area contributed by atoms with E-state index in [1.165, 1.54) is 11.1 Å². The maximum Gasteiger partial charge on any atom is 0.258 e. The number of anilines is 1. The Morgan fingerprint density at radius 2 is 1.72 bits per heavy atom. The van der Waals surface area contributed by atoms with Crippen molar-refractivity contribution >= 4 is 27.5 Å². The number of hydrogen-bond donors (Lipinski definition) is 1. The van der Waals surface area contributed by atoms with E-state index in [0.717, 1.165) is 12.1 Å². The van der Waals surface area contributed by atoms with Gasteiger partial charge in [-0.15, -0.1) is 0 Å². The molecule has 2 unspecified atom stereocenters. The largest absolute Gasteiger partial charge is 0.322 e. The molecule has 1 amide bonds. The molecule has 4 heteroatoms. The summed E-state index contributed by atoms with van der Waals surface area (Å²) in [7, 11) is 0. The summed E-state index contributed by atoms with van der Waals surface area (Å²) in [5.41, 5.74) is 3.98. The number of carbonyl (C=O) groups is 1. The summed E-state index contributed by atoms with van der Waals surface area (Å²) in [6.07, 6.45) is 2.77. The highest BCUT2D eigenvalue weighted by Crippen LogP contribution is 2.56. The number of aromatic nitrogens is 1. The summed E-state index contributed by atoms with van der Waals surface area (Å²) in [6.45, 7) is 0. The van der Waals surface area contributed by atoms with Crippen LogP contribution in [0.5, 0.6) is 0 Å². The molecule has 2 aromatic carbocycles. The number of para-hydroxylation sites is 1. The maximum atomic E-state index is 12.6. The van der Waals surface area contributed by atoms with Gasteiger partial charge in [0.05, 0.1) is 5.56 Å². The molecule has 1 heterocycles. The van der Waals surface area contributed by atoms with Crippen LogP contribution in [0.4, 0.5) is 5.69 Å². The quantitative estimate of drug-likeness (QED) is 0.606. The molecular formula is C21H17BrN2O. The van der Waals surface area contributed by atoms with Gasteiger partial charge >= 0.3 is 0 Å². The highest BCUT2D eigenvalue weighted by Gasteiger charge is 2.40. The minimum absolute atomic E-state index is 0.149. The molecule has 124 valence electrons. The minimum atomic E-state index is -0.149. The van der Waals surface area contributed by atoms with Gasteiger partial charge in [-0.1, -0.05) is 48.5 Å². The van der Waals surface area contributed by atoms with Crippen molar-refractivity contribution in [2.75, 3.05) is 5.32 Å². The molecule has 1 aliphatic carbocycles. The Bertz CT molecular complexity index is 911. The lowest BCUT2D eigenvalue weighted by Crippen LogP contribution is -2.14. The highest BCUT2D eigenvalue weighted by molar-refractivity contribution is 9.10. The van der Waals surface area contributed by atoms with Crippen molar-refractivity contribution in [3.63, 3.8) is 0 Å². The van der Waals surface area contributed by atoms with Crippen LogP contribution in [-0.4, -0.2) is 10.9 Å². The van der Waals surface area contributed by atoms with Crippen molar-refractivity contribution in [3.8, 4) is 0 Å². The molecule has 1 N–H and O–H groups in total. The molecule has 25 heavy (non-hydrogen) atoms. The molecule has 0 saturated heterocycles. The van der Waals surface area contributed by atoms with Crippen LogP contribution >= 0.6 is 15.9 Å². The van der Waals surface area contributed by atoms with Crippen LogP contribution in [0.25, 0.3) is 0 Å². The van der Waals surface area contributed by atoms with Crippen LogP contribution in [0.15, 0.2) is 77.5 Å². The fraction of sp³-hybridized carbons (Fsp3) is 0.143. The number of nitrogens with one attached hydrogen (secondary N) is 1. The Morgan fingerprint density at radius 1 is 0.960 bits per heavy atom. The van der Waals surface area contributed by atoms with E-state index in [9.17, 15) is 4.79 Å². The first-order valence-electron chi connectivity index (χ1n) is 8.30. The lowest BCUT2D eigenvalue weighted by atomic mass is 10.0. The van der Waals surface area contributed by atoms with E-state index >= 15 is 0 Å². The number of amides is 1. The molecule has 0 aliphatic heterocycles.